The van der Waals surface area contributed by atoms with Gasteiger partial charge in [0, 0.05) is 11.3 Å². The van der Waals surface area contributed by atoms with E-state index in [1.54, 1.807) is 24.3 Å². The highest BCUT2D eigenvalue weighted by atomic mass is 19.3. The maximum absolute atomic E-state index is 13.0. The van der Waals surface area contributed by atoms with Crippen molar-refractivity contribution >= 4 is 5.97 Å². The van der Waals surface area contributed by atoms with Crippen LogP contribution in [-0.2, 0) is 11.2 Å². The number of hydrogen-bond acceptors (Lipinski definition) is 2. The maximum atomic E-state index is 13.0. The highest BCUT2D eigenvalue weighted by molar-refractivity contribution is 5.75. The number of aromatic nitrogens is 2. The molecule has 0 saturated heterocycles. The Hall–Kier alpha value is -2.24. The molecule has 2 rings (SSSR count). The fourth-order valence-electron chi connectivity index (χ4n) is 1.52. The Morgan fingerprint density at radius 3 is 2.61 bits per heavy atom. The standard InChI is InChI=1S/C12H10F2N2O2/c13-12(14,11(17)18)7-9-6-10(16-15-9)8-4-2-1-3-5-8/h1-6H,7H2,(H,15,16)(H,17,18). The van der Waals surface area contributed by atoms with Gasteiger partial charge in [-0.3, -0.25) is 5.10 Å². The Kier molecular flexibility index (Phi) is 3.10. The number of aromatic amines is 1. The molecule has 94 valence electrons. The lowest BCUT2D eigenvalue weighted by molar-refractivity contribution is -0.164. The second-order valence-corrected chi connectivity index (χ2v) is 3.83. The van der Waals surface area contributed by atoms with Crippen LogP contribution in [0.25, 0.3) is 11.3 Å². The number of hydrogen-bond donors (Lipinski definition) is 2. The van der Waals surface area contributed by atoms with Crippen molar-refractivity contribution in [3.05, 3.63) is 42.1 Å². The molecule has 0 unspecified atom stereocenters. The maximum Gasteiger partial charge on any atom is 0.374 e. The summed E-state index contributed by atoms with van der Waals surface area (Å²) in [6.07, 6.45) is -0.901. The van der Waals surface area contributed by atoms with Crippen molar-refractivity contribution in [1.29, 1.82) is 0 Å². The van der Waals surface area contributed by atoms with E-state index in [9.17, 15) is 13.6 Å². The van der Waals surface area contributed by atoms with E-state index >= 15 is 0 Å². The minimum absolute atomic E-state index is 0.0845. The number of alkyl halides is 2. The van der Waals surface area contributed by atoms with Crippen LogP contribution in [0.4, 0.5) is 8.78 Å². The zero-order valence-electron chi connectivity index (χ0n) is 9.23. The number of carboxylic acid groups (broad SMARTS) is 1. The average molecular weight is 252 g/mol. The third-order valence-electron chi connectivity index (χ3n) is 2.43. The Morgan fingerprint density at radius 2 is 2.00 bits per heavy atom. The first kappa shape index (κ1) is 12.2. The largest absolute Gasteiger partial charge is 0.477 e. The number of nitrogens with zero attached hydrogens (tertiary/aromatic N) is 1. The molecule has 6 heteroatoms. The first-order valence-corrected chi connectivity index (χ1v) is 5.20. The second kappa shape index (κ2) is 4.56. The molecule has 1 aromatic carbocycles. The molecule has 0 aliphatic carbocycles. The quantitative estimate of drug-likeness (QED) is 0.877. The first-order valence-electron chi connectivity index (χ1n) is 5.20. The molecule has 1 heterocycles. The summed E-state index contributed by atoms with van der Waals surface area (Å²) in [5, 5.41) is 14.6. The lowest BCUT2D eigenvalue weighted by Crippen LogP contribution is -2.30. The van der Waals surface area contributed by atoms with Gasteiger partial charge in [-0.05, 0) is 6.07 Å². The molecule has 0 spiro atoms. The minimum Gasteiger partial charge on any atom is -0.477 e. The van der Waals surface area contributed by atoms with Crippen molar-refractivity contribution in [2.45, 2.75) is 12.3 Å². The monoisotopic (exact) mass is 252 g/mol. The number of halogens is 2. The van der Waals surface area contributed by atoms with Crippen molar-refractivity contribution in [1.82, 2.24) is 10.2 Å². The molecular formula is C12H10F2N2O2. The summed E-state index contributed by atoms with van der Waals surface area (Å²) in [5.74, 6) is -5.93. The van der Waals surface area contributed by atoms with Crippen LogP contribution in [0, 0.1) is 0 Å². The Labute approximate surface area is 101 Å². The van der Waals surface area contributed by atoms with Crippen LogP contribution < -0.4 is 0 Å². The average Bonchev–Trinajstić information content (AvgIpc) is 2.78. The van der Waals surface area contributed by atoms with Gasteiger partial charge in [0.05, 0.1) is 12.1 Å². The van der Waals surface area contributed by atoms with Crippen molar-refractivity contribution in [3.8, 4) is 11.3 Å². The summed E-state index contributed by atoms with van der Waals surface area (Å²) in [5.41, 5.74) is 1.37. The van der Waals surface area contributed by atoms with E-state index in [1.807, 2.05) is 6.07 Å². The van der Waals surface area contributed by atoms with Gasteiger partial charge in [0.2, 0.25) is 0 Å². The molecule has 18 heavy (non-hydrogen) atoms. The molecule has 0 radical (unpaired) electrons. The van der Waals surface area contributed by atoms with E-state index < -0.39 is 18.3 Å². The SMILES string of the molecule is O=C(O)C(F)(F)Cc1cc(-c2ccccc2)n[nH]1. The summed E-state index contributed by atoms with van der Waals surface area (Å²) >= 11 is 0. The summed E-state index contributed by atoms with van der Waals surface area (Å²) in [6.45, 7) is 0. The zero-order chi connectivity index (χ0) is 13.2. The Balaban J connectivity index is 2.19. The Morgan fingerprint density at radius 1 is 1.33 bits per heavy atom. The molecular weight excluding hydrogens is 242 g/mol. The molecule has 0 aliphatic rings. The van der Waals surface area contributed by atoms with E-state index in [1.165, 1.54) is 6.07 Å². The van der Waals surface area contributed by atoms with E-state index in [2.05, 4.69) is 10.2 Å². The second-order valence-electron chi connectivity index (χ2n) is 3.83. The lowest BCUT2D eigenvalue weighted by atomic mass is 10.1. The number of H-pyrrole nitrogens is 1. The van der Waals surface area contributed by atoms with Crippen LogP contribution in [0.5, 0.6) is 0 Å². The fourth-order valence-corrected chi connectivity index (χ4v) is 1.52. The Bertz CT molecular complexity index is 552. The highest BCUT2D eigenvalue weighted by Crippen LogP contribution is 2.22. The molecule has 0 fully saturated rings. The van der Waals surface area contributed by atoms with Crippen LogP contribution in [0.15, 0.2) is 36.4 Å². The minimum atomic E-state index is -3.79. The van der Waals surface area contributed by atoms with Gasteiger partial charge >= 0.3 is 11.9 Å². The van der Waals surface area contributed by atoms with Gasteiger partial charge < -0.3 is 5.11 Å². The molecule has 0 saturated carbocycles. The molecule has 4 nitrogen and oxygen atoms in total. The van der Waals surface area contributed by atoms with Crippen LogP contribution in [0.1, 0.15) is 5.69 Å². The third-order valence-corrected chi connectivity index (χ3v) is 2.43. The lowest BCUT2D eigenvalue weighted by Gasteiger charge is -2.08. The van der Waals surface area contributed by atoms with Gasteiger partial charge in [0.15, 0.2) is 0 Å². The van der Waals surface area contributed by atoms with Crippen LogP contribution >= 0.6 is 0 Å². The molecule has 0 bridgehead atoms. The highest BCUT2D eigenvalue weighted by Gasteiger charge is 2.39. The molecule has 0 aliphatic heterocycles. The third kappa shape index (κ3) is 2.53. The number of nitrogens with one attached hydrogen (secondary N) is 1. The number of aliphatic carboxylic acids is 1. The summed E-state index contributed by atoms with van der Waals surface area (Å²) in [6, 6.07) is 10.4. The van der Waals surface area contributed by atoms with Gasteiger partial charge in [-0.2, -0.15) is 13.9 Å². The van der Waals surface area contributed by atoms with Crippen molar-refractivity contribution in [2.75, 3.05) is 0 Å². The summed E-state index contributed by atoms with van der Waals surface area (Å²) < 4.78 is 26.0. The molecule has 2 aromatic rings. The number of benzene rings is 1. The van der Waals surface area contributed by atoms with Crippen LogP contribution in [-0.4, -0.2) is 27.2 Å². The zero-order valence-corrected chi connectivity index (χ0v) is 9.23. The number of carboxylic acids is 1. The summed E-state index contributed by atoms with van der Waals surface area (Å²) in [7, 11) is 0. The summed E-state index contributed by atoms with van der Waals surface area (Å²) in [4.78, 5) is 10.3. The van der Waals surface area contributed by atoms with Crippen LogP contribution in [0.2, 0.25) is 0 Å². The van der Waals surface area contributed by atoms with E-state index in [4.69, 9.17) is 5.11 Å². The van der Waals surface area contributed by atoms with Gasteiger partial charge in [-0.1, -0.05) is 30.3 Å². The fraction of sp³-hybridized carbons (Fsp3) is 0.167. The molecule has 2 N–H and O–H groups in total. The molecule has 1 aromatic heterocycles. The normalized spacial score (nSPS) is 11.4. The van der Waals surface area contributed by atoms with E-state index in [-0.39, 0.29) is 5.69 Å². The van der Waals surface area contributed by atoms with Crippen LogP contribution in [0.3, 0.4) is 0 Å². The molecule has 0 amide bonds. The van der Waals surface area contributed by atoms with Gasteiger partial charge in [0.1, 0.15) is 0 Å². The van der Waals surface area contributed by atoms with Crippen molar-refractivity contribution in [2.24, 2.45) is 0 Å². The van der Waals surface area contributed by atoms with Gasteiger partial charge in [-0.25, -0.2) is 4.79 Å². The number of rotatable bonds is 4. The van der Waals surface area contributed by atoms with Gasteiger partial charge in [0.25, 0.3) is 0 Å². The predicted molar refractivity (Wildman–Crippen MR) is 60.3 cm³/mol. The van der Waals surface area contributed by atoms with E-state index in [0.717, 1.165) is 5.56 Å². The smallest absolute Gasteiger partial charge is 0.374 e. The molecule has 0 atom stereocenters. The van der Waals surface area contributed by atoms with Crippen molar-refractivity contribution in [3.63, 3.8) is 0 Å². The van der Waals surface area contributed by atoms with Crippen molar-refractivity contribution < 1.29 is 18.7 Å². The predicted octanol–water partition coefficient (Wildman–Crippen LogP) is 2.34. The topological polar surface area (TPSA) is 66.0 Å². The van der Waals surface area contributed by atoms with Gasteiger partial charge in [-0.15, -0.1) is 0 Å². The number of carbonyl (C=O) groups is 1. The first-order chi connectivity index (χ1) is 8.49. The van der Waals surface area contributed by atoms with E-state index in [0.29, 0.717) is 5.69 Å².